The molecule has 31 heteroatoms. The van der Waals surface area contributed by atoms with Gasteiger partial charge in [0.05, 0.1) is 56.3 Å². The number of rotatable bonds is 15. The zero-order chi connectivity index (χ0) is 70.2. The van der Waals surface area contributed by atoms with Gasteiger partial charge in [-0.2, -0.15) is 0 Å². The zero-order valence-electron chi connectivity index (χ0n) is 55.8. The molecule has 0 radical (unpaired) electrons. The van der Waals surface area contributed by atoms with Gasteiger partial charge in [-0.1, -0.05) is 60.1 Å². The molecule has 0 aromatic rings. The largest absolute Gasteiger partial charge is 0.432 e. The highest BCUT2D eigenvalue weighted by atomic mass is 16.8. The minimum atomic E-state index is -1.94. The normalized spacial score (nSPS) is 54.9. The Labute approximate surface area is 556 Å². The number of aliphatic hydroxyl groups is 18. The van der Waals surface area contributed by atoms with Gasteiger partial charge in [-0.3, -0.25) is 4.79 Å². The quantitative estimate of drug-likeness (QED) is 0.0416. The molecule has 552 valence electrons. The number of allylic oxidation sites excluding steroid dienone is 1. The SMILES string of the molecule is C[C@H]1O[C@@H](O[C@@H]2[C@@H](O[C@@H]3CC[C@]4(C)[C@H](CC[C@@]5(C)[C@H]4CC=C4[C@H]6[C@](C(=O)O[C@@H]7O[C@H](CO[C@@H]8O[C@H](CO)[C@H](O)[C@H](O)[C@H]8O)[C@@H](O)[C@@H](O)[C@@H]7O)(CCC(C)(C)[C@]6(C)O)CC[C@@]45C)C3(C)C)OC[C@@H](O)[C@H]2O)[C@@H](O)[C@H](O[C@@H]2OC[C@H](O[C@H]3O[C@H](CO)[C@H](O)[C@H](O)[C@@H]3O)[C@H](O)[C@H]2O)[C@@H]1O. The highest BCUT2D eigenvalue weighted by molar-refractivity contribution is 5.79. The molecular weight excluding hydrogens is 1280 g/mol. The maximum Gasteiger partial charge on any atom is 0.315 e. The summed E-state index contributed by atoms with van der Waals surface area (Å²) in [7, 11) is 0. The smallest absolute Gasteiger partial charge is 0.315 e. The molecule has 37 atom stereocenters. The molecule has 0 aromatic carbocycles. The third-order valence-electron chi connectivity index (χ3n) is 25.8. The molecule has 6 aliphatic heterocycles. The van der Waals surface area contributed by atoms with Gasteiger partial charge in [0.15, 0.2) is 31.5 Å². The van der Waals surface area contributed by atoms with Crippen molar-refractivity contribution in [2.24, 2.45) is 50.2 Å². The Balaban J connectivity index is 0.773. The fourth-order valence-corrected chi connectivity index (χ4v) is 19.1. The third-order valence-corrected chi connectivity index (χ3v) is 25.8. The highest BCUT2D eigenvalue weighted by Gasteiger charge is 2.74. The van der Waals surface area contributed by atoms with Crippen LogP contribution in [-0.4, -0.2) is 315 Å². The van der Waals surface area contributed by atoms with E-state index in [9.17, 15) is 91.9 Å². The second kappa shape index (κ2) is 27.6. The second-order valence-corrected chi connectivity index (χ2v) is 31.6. The van der Waals surface area contributed by atoms with E-state index in [4.69, 9.17) is 56.8 Å². The Hall–Kier alpha value is -1.95. The lowest BCUT2D eigenvalue weighted by molar-refractivity contribution is -0.382. The fraction of sp³-hybridized carbons (Fsp3) is 0.954. The Kier molecular flexibility index (Phi) is 21.6. The molecule has 0 unspecified atom stereocenters. The van der Waals surface area contributed by atoms with Crippen molar-refractivity contribution in [3.8, 4) is 0 Å². The minimum absolute atomic E-state index is 0.0321. The van der Waals surface area contributed by atoms with Crippen LogP contribution in [0.5, 0.6) is 0 Å². The number of aliphatic hydroxyl groups excluding tert-OH is 17. The lowest BCUT2D eigenvalue weighted by atomic mass is 9.32. The van der Waals surface area contributed by atoms with Crippen LogP contribution in [0.1, 0.15) is 120 Å². The summed E-state index contributed by atoms with van der Waals surface area (Å²) in [4.78, 5) is 15.4. The van der Waals surface area contributed by atoms with Gasteiger partial charge in [0.1, 0.15) is 128 Å². The van der Waals surface area contributed by atoms with Crippen LogP contribution in [0.2, 0.25) is 0 Å². The molecule has 6 heterocycles. The number of ether oxygens (including phenoxy) is 12. The van der Waals surface area contributed by atoms with Crippen molar-refractivity contribution in [3.63, 3.8) is 0 Å². The number of hydrogen-bond acceptors (Lipinski definition) is 31. The monoisotopic (exact) mass is 1380 g/mol. The average Bonchev–Trinajstić information content (AvgIpc) is 0.668. The van der Waals surface area contributed by atoms with Gasteiger partial charge in [0.2, 0.25) is 6.29 Å². The van der Waals surface area contributed by atoms with E-state index in [1.807, 2.05) is 13.8 Å². The molecule has 31 nitrogen and oxygen atoms in total. The van der Waals surface area contributed by atoms with Gasteiger partial charge in [-0.05, 0) is 111 Å². The van der Waals surface area contributed by atoms with Crippen LogP contribution in [0.3, 0.4) is 0 Å². The zero-order valence-corrected chi connectivity index (χ0v) is 55.8. The summed E-state index contributed by atoms with van der Waals surface area (Å²) in [5.74, 6) is -1.46. The number of fused-ring (bicyclic) bond motifs is 7. The maximum atomic E-state index is 15.4. The summed E-state index contributed by atoms with van der Waals surface area (Å²) >= 11 is 0. The first kappa shape index (κ1) is 75.2. The van der Waals surface area contributed by atoms with Gasteiger partial charge in [-0.15, -0.1) is 0 Å². The van der Waals surface area contributed by atoms with Crippen molar-refractivity contribution in [1.82, 2.24) is 0 Å². The summed E-state index contributed by atoms with van der Waals surface area (Å²) in [6.45, 7) is 15.4. The standard InChI is InChI=1S/C65H106O31/c1-25-35(69)49(94-53-44(78)40(74)31(24-87-53)91-54-46(80)42(76)38(72)29(21-67)90-54)48(82)56(88-25)95-50-36(70)27(68)22-85-57(50)93-34-13-14-61(6)32(60(34,4)5)12-15-63(8)33(61)11-10-26-51-64(9,84)59(2,3)16-18-65(51,19-17-62(26,63)7)58(83)96-55-47(81)43(77)39(73)30(92-55)23-86-52-45(79)41(75)37(71)28(20-66)89-52/h10,25,27-57,66-82,84H,11-24H2,1-9H3/t25-,27-,28-,29-,30-,31+,32-,33+,34-,35-,36-,37+,38+,39-,40+,41+,42+,43-,44-,45-,46+,47+,48+,49-,50+,51-,52-,53+,54-,55+,56+,57-,61-,62+,63+,64-,65+/m1/s1. The van der Waals surface area contributed by atoms with E-state index in [0.29, 0.717) is 38.5 Å². The Morgan fingerprint density at radius 1 is 0.510 bits per heavy atom. The van der Waals surface area contributed by atoms with Crippen LogP contribution < -0.4 is 0 Å². The molecule has 0 spiro atoms. The molecule has 4 saturated carbocycles. The van der Waals surface area contributed by atoms with Crippen LogP contribution in [0.4, 0.5) is 0 Å². The second-order valence-electron chi connectivity index (χ2n) is 31.6. The predicted molar refractivity (Wildman–Crippen MR) is 321 cm³/mol. The Morgan fingerprint density at radius 2 is 1.06 bits per heavy atom. The Morgan fingerprint density at radius 3 is 1.71 bits per heavy atom. The predicted octanol–water partition coefficient (Wildman–Crippen LogP) is -4.72. The highest BCUT2D eigenvalue weighted by Crippen LogP contribution is 2.77. The van der Waals surface area contributed by atoms with Crippen LogP contribution in [0.25, 0.3) is 0 Å². The number of carbonyl (C=O) groups is 1. The molecule has 10 fully saturated rings. The Bertz CT molecular complexity index is 2720. The number of hydrogen-bond donors (Lipinski definition) is 18. The first-order valence-corrected chi connectivity index (χ1v) is 34.0. The molecular formula is C65H106O31. The average molecular weight is 1380 g/mol. The summed E-state index contributed by atoms with van der Waals surface area (Å²) in [5, 5.41) is 197. The summed E-state index contributed by atoms with van der Waals surface area (Å²) in [6, 6.07) is 0. The molecule has 6 saturated heterocycles. The van der Waals surface area contributed by atoms with Gasteiger partial charge in [-0.25, -0.2) is 0 Å². The molecule has 0 amide bonds. The first-order valence-electron chi connectivity index (χ1n) is 34.0. The molecule has 96 heavy (non-hydrogen) atoms. The van der Waals surface area contributed by atoms with Crippen LogP contribution in [-0.2, 0) is 61.6 Å². The van der Waals surface area contributed by atoms with Crippen LogP contribution in [0.15, 0.2) is 11.6 Å². The molecule has 11 aliphatic rings. The van der Waals surface area contributed by atoms with Crippen molar-refractivity contribution in [2.45, 2.75) is 304 Å². The van der Waals surface area contributed by atoms with E-state index >= 15 is 4.79 Å². The van der Waals surface area contributed by atoms with E-state index in [0.717, 1.165) is 18.4 Å². The summed E-state index contributed by atoms with van der Waals surface area (Å²) in [5.41, 5.74) is -4.51. The lowest BCUT2D eigenvalue weighted by Gasteiger charge is -2.72. The molecule has 18 N–H and O–H groups in total. The molecule has 11 rings (SSSR count). The van der Waals surface area contributed by atoms with Crippen molar-refractivity contribution in [1.29, 1.82) is 0 Å². The lowest BCUT2D eigenvalue weighted by Crippen LogP contribution is -2.69. The van der Waals surface area contributed by atoms with E-state index in [2.05, 4.69) is 40.7 Å². The topological polar surface area (TPSA) is 492 Å². The molecule has 5 aliphatic carbocycles. The van der Waals surface area contributed by atoms with Gasteiger partial charge < -0.3 is 149 Å². The minimum Gasteiger partial charge on any atom is -0.432 e. The van der Waals surface area contributed by atoms with E-state index in [-0.39, 0.29) is 30.3 Å². The third kappa shape index (κ3) is 12.4. The van der Waals surface area contributed by atoms with E-state index < -0.39 is 249 Å². The summed E-state index contributed by atoms with van der Waals surface area (Å²) < 4.78 is 71.2. The van der Waals surface area contributed by atoms with E-state index in [1.165, 1.54) is 6.92 Å². The van der Waals surface area contributed by atoms with Crippen molar-refractivity contribution >= 4 is 5.97 Å². The van der Waals surface area contributed by atoms with Crippen molar-refractivity contribution < 1.29 is 154 Å². The fourth-order valence-electron chi connectivity index (χ4n) is 19.1. The molecule has 0 bridgehead atoms. The maximum absolute atomic E-state index is 15.4. The van der Waals surface area contributed by atoms with Crippen LogP contribution >= 0.6 is 0 Å². The first-order chi connectivity index (χ1) is 44.9. The van der Waals surface area contributed by atoms with Gasteiger partial charge in [0.25, 0.3) is 0 Å². The number of esters is 1. The summed E-state index contributed by atoms with van der Waals surface area (Å²) in [6.07, 6.45) is -39.8. The van der Waals surface area contributed by atoms with Crippen LogP contribution in [0, 0.1) is 50.2 Å². The van der Waals surface area contributed by atoms with Crippen molar-refractivity contribution in [3.05, 3.63) is 11.6 Å². The van der Waals surface area contributed by atoms with Gasteiger partial charge in [0, 0.05) is 5.92 Å². The van der Waals surface area contributed by atoms with Gasteiger partial charge >= 0.3 is 5.97 Å². The van der Waals surface area contributed by atoms with E-state index in [1.54, 1.807) is 6.92 Å². The molecule has 0 aromatic heterocycles. The number of carbonyl (C=O) groups excluding carboxylic acids is 1. The van der Waals surface area contributed by atoms with Crippen molar-refractivity contribution in [2.75, 3.05) is 33.0 Å².